The van der Waals surface area contributed by atoms with Crippen LogP contribution in [0.3, 0.4) is 0 Å². The first-order chi connectivity index (χ1) is 11.9. The number of anilines is 1. The van der Waals surface area contributed by atoms with Gasteiger partial charge in [-0.1, -0.05) is 20.8 Å². The number of nitriles is 1. The molecule has 1 atom stereocenters. The lowest BCUT2D eigenvalue weighted by atomic mass is 9.88. The molecule has 0 radical (unpaired) electrons. The fraction of sp³-hybridized carbons (Fsp3) is 0.500. The van der Waals surface area contributed by atoms with E-state index < -0.39 is 9.84 Å². The number of nitrogens with one attached hydrogen (secondary N) is 2. The van der Waals surface area contributed by atoms with Crippen molar-refractivity contribution in [1.29, 1.82) is 5.26 Å². The van der Waals surface area contributed by atoms with Crippen LogP contribution in [0.4, 0.5) is 5.69 Å². The van der Waals surface area contributed by atoms with Crippen molar-refractivity contribution in [3.05, 3.63) is 28.9 Å². The van der Waals surface area contributed by atoms with Crippen LogP contribution >= 0.6 is 0 Å². The Bertz CT molecular complexity index is 796. The van der Waals surface area contributed by atoms with E-state index in [9.17, 15) is 13.7 Å². The van der Waals surface area contributed by atoms with Crippen LogP contribution in [0.25, 0.3) is 0 Å². The molecule has 0 saturated heterocycles. The summed E-state index contributed by atoms with van der Waals surface area (Å²) >= 11 is 0. The summed E-state index contributed by atoms with van der Waals surface area (Å²) in [7, 11) is -0.685. The Morgan fingerprint density at radius 3 is 2.00 bits per heavy atom. The molecule has 0 spiro atoms. The largest absolute Gasteiger partial charge is 0.497 e. The van der Waals surface area contributed by atoms with E-state index in [0.29, 0.717) is 17.2 Å². The van der Waals surface area contributed by atoms with Crippen LogP contribution in [0.1, 0.15) is 27.7 Å². The molecule has 7 nitrogen and oxygen atoms in total. The minimum absolute atomic E-state index is 0.109. The second-order valence-electron chi connectivity index (χ2n) is 7.05. The van der Waals surface area contributed by atoms with E-state index >= 15 is 0 Å². The summed E-state index contributed by atoms with van der Waals surface area (Å²) < 4.78 is 34.6. The van der Waals surface area contributed by atoms with Crippen LogP contribution in [0.2, 0.25) is 0 Å². The van der Waals surface area contributed by atoms with Gasteiger partial charge in [-0.3, -0.25) is 0 Å². The van der Waals surface area contributed by atoms with Crippen molar-refractivity contribution in [2.45, 2.75) is 33.7 Å². The molecule has 26 heavy (non-hydrogen) atoms. The van der Waals surface area contributed by atoms with E-state index in [1.807, 2.05) is 27.7 Å². The van der Waals surface area contributed by atoms with E-state index in [4.69, 9.17) is 9.47 Å². The minimum Gasteiger partial charge on any atom is -0.497 e. The highest BCUT2D eigenvalue weighted by Crippen LogP contribution is 2.28. The van der Waals surface area contributed by atoms with Gasteiger partial charge in [0.1, 0.15) is 23.4 Å². The van der Waals surface area contributed by atoms with Crippen LogP contribution < -0.4 is 20.1 Å². The number of rotatable bonds is 7. The standard InChI is InChI=1S/C18H27N3O4S/c1-12(18(2,3)4)20-17(16(11-19)26(7,22)23)21-13-8-14(24-5)10-15(9-13)25-6/h8-10,12,20-21H,1-7H3/b17-16-. The third kappa shape index (κ3) is 5.85. The van der Waals surface area contributed by atoms with Crippen LogP contribution in [-0.4, -0.2) is 34.9 Å². The van der Waals surface area contributed by atoms with Crippen molar-refractivity contribution in [2.24, 2.45) is 5.41 Å². The maximum atomic E-state index is 12.1. The lowest BCUT2D eigenvalue weighted by Gasteiger charge is -2.30. The molecule has 8 heteroatoms. The molecule has 0 amide bonds. The molecular formula is C18H27N3O4S. The average molecular weight is 381 g/mol. The van der Waals surface area contributed by atoms with Gasteiger partial charge in [-0.25, -0.2) is 8.42 Å². The van der Waals surface area contributed by atoms with Crippen molar-refractivity contribution in [2.75, 3.05) is 25.8 Å². The monoisotopic (exact) mass is 381 g/mol. The Kier molecular flexibility index (Phi) is 6.93. The van der Waals surface area contributed by atoms with Crippen molar-refractivity contribution < 1.29 is 17.9 Å². The molecule has 0 aliphatic rings. The van der Waals surface area contributed by atoms with Crippen molar-refractivity contribution in [1.82, 2.24) is 5.32 Å². The van der Waals surface area contributed by atoms with Gasteiger partial charge in [0, 0.05) is 36.2 Å². The van der Waals surface area contributed by atoms with E-state index in [1.54, 1.807) is 24.3 Å². The number of benzene rings is 1. The second-order valence-corrected chi connectivity index (χ2v) is 9.00. The van der Waals surface area contributed by atoms with Gasteiger partial charge in [0.15, 0.2) is 14.7 Å². The van der Waals surface area contributed by atoms with Gasteiger partial charge in [0.2, 0.25) is 0 Å². The highest BCUT2D eigenvalue weighted by atomic mass is 32.2. The van der Waals surface area contributed by atoms with Gasteiger partial charge < -0.3 is 20.1 Å². The van der Waals surface area contributed by atoms with Gasteiger partial charge in [-0.2, -0.15) is 5.26 Å². The zero-order valence-corrected chi connectivity index (χ0v) is 17.1. The number of methoxy groups -OCH3 is 2. The molecule has 1 unspecified atom stereocenters. The summed E-state index contributed by atoms with van der Waals surface area (Å²) in [6.07, 6.45) is 1.00. The Labute approximate surface area is 155 Å². The minimum atomic E-state index is -3.73. The molecule has 2 N–H and O–H groups in total. The third-order valence-corrected chi connectivity index (χ3v) is 5.02. The SMILES string of the molecule is COc1cc(N/C(NC(C)C(C)(C)C)=C(/C#N)S(C)(=O)=O)cc(OC)c1. The molecule has 1 aromatic rings. The lowest BCUT2D eigenvalue weighted by molar-refractivity contribution is 0.303. The smallest absolute Gasteiger partial charge is 0.189 e. The lowest BCUT2D eigenvalue weighted by Crippen LogP contribution is -2.40. The van der Waals surface area contributed by atoms with Gasteiger partial charge in [-0.05, 0) is 12.3 Å². The van der Waals surface area contributed by atoms with Crippen LogP contribution in [0.5, 0.6) is 11.5 Å². The highest BCUT2D eigenvalue weighted by molar-refractivity contribution is 7.94. The Morgan fingerprint density at radius 1 is 1.15 bits per heavy atom. The zero-order valence-electron chi connectivity index (χ0n) is 16.3. The summed E-state index contributed by atoms with van der Waals surface area (Å²) in [4.78, 5) is -0.365. The molecule has 144 valence electrons. The Hall–Kier alpha value is -2.40. The van der Waals surface area contributed by atoms with Gasteiger partial charge in [0.25, 0.3) is 0 Å². The number of hydrogen-bond acceptors (Lipinski definition) is 7. The normalized spacial score (nSPS) is 13.9. The molecule has 0 aliphatic heterocycles. The highest BCUT2D eigenvalue weighted by Gasteiger charge is 2.25. The Balaban J connectivity index is 3.44. The number of nitrogens with zero attached hydrogens (tertiary/aromatic N) is 1. The second kappa shape index (κ2) is 8.32. The van der Waals surface area contributed by atoms with Gasteiger partial charge in [-0.15, -0.1) is 0 Å². The molecule has 0 heterocycles. The van der Waals surface area contributed by atoms with E-state index in [2.05, 4.69) is 10.6 Å². The fourth-order valence-electron chi connectivity index (χ4n) is 1.94. The van der Waals surface area contributed by atoms with E-state index in [-0.39, 0.29) is 22.2 Å². The number of ether oxygens (including phenoxy) is 2. The third-order valence-electron chi connectivity index (χ3n) is 3.98. The first-order valence-corrected chi connectivity index (χ1v) is 9.92. The predicted octanol–water partition coefficient (Wildman–Crippen LogP) is 2.88. The number of hydrogen-bond donors (Lipinski definition) is 2. The number of sulfone groups is 1. The van der Waals surface area contributed by atoms with Crippen molar-refractivity contribution >= 4 is 15.5 Å². The summed E-state index contributed by atoms with van der Waals surface area (Å²) in [5, 5.41) is 15.5. The van der Waals surface area contributed by atoms with Crippen molar-refractivity contribution in [3.63, 3.8) is 0 Å². The first kappa shape index (κ1) is 21.6. The topological polar surface area (TPSA) is 100 Å². The maximum Gasteiger partial charge on any atom is 0.189 e. The molecule has 1 aromatic carbocycles. The van der Waals surface area contributed by atoms with Gasteiger partial charge >= 0.3 is 0 Å². The molecule has 0 saturated carbocycles. The molecule has 1 rings (SSSR count). The maximum absolute atomic E-state index is 12.1. The summed E-state index contributed by atoms with van der Waals surface area (Å²) in [6, 6.07) is 6.74. The van der Waals surface area contributed by atoms with Crippen LogP contribution in [0.15, 0.2) is 28.9 Å². The summed E-state index contributed by atoms with van der Waals surface area (Å²) in [6.45, 7) is 7.97. The van der Waals surface area contributed by atoms with E-state index in [0.717, 1.165) is 6.26 Å². The van der Waals surface area contributed by atoms with E-state index in [1.165, 1.54) is 14.2 Å². The molecule has 0 aromatic heterocycles. The first-order valence-electron chi connectivity index (χ1n) is 8.03. The number of allylic oxidation sites excluding steroid dienone is 1. The predicted molar refractivity (Wildman–Crippen MR) is 103 cm³/mol. The summed E-state index contributed by atoms with van der Waals surface area (Å²) in [5.74, 6) is 1.19. The molecule has 0 aliphatic carbocycles. The quantitative estimate of drug-likeness (QED) is 0.700. The Morgan fingerprint density at radius 2 is 1.65 bits per heavy atom. The van der Waals surface area contributed by atoms with Gasteiger partial charge in [0.05, 0.1) is 14.2 Å². The zero-order chi connectivity index (χ0) is 20.1. The average Bonchev–Trinajstić information content (AvgIpc) is 2.52. The van der Waals surface area contributed by atoms with Crippen molar-refractivity contribution in [3.8, 4) is 17.6 Å². The van der Waals surface area contributed by atoms with Crippen LogP contribution in [-0.2, 0) is 9.84 Å². The molecule has 0 fully saturated rings. The van der Waals surface area contributed by atoms with Crippen LogP contribution in [0, 0.1) is 16.7 Å². The molecule has 0 bridgehead atoms. The fourth-order valence-corrected chi connectivity index (χ4v) is 2.59. The molecular weight excluding hydrogens is 354 g/mol. The summed E-state index contributed by atoms with van der Waals surface area (Å²) in [5.41, 5.74) is 0.373.